The number of likely N-dealkylation sites (N-methyl/N-ethyl adjacent to an activating group) is 2. The van der Waals surface area contributed by atoms with Gasteiger partial charge in [-0.05, 0) is 80.1 Å². The fourth-order valence-corrected chi connectivity index (χ4v) is 10.1. The van der Waals surface area contributed by atoms with Gasteiger partial charge in [-0.2, -0.15) is 0 Å². The number of aromatic amines is 1. The van der Waals surface area contributed by atoms with Crippen molar-refractivity contribution in [3.63, 3.8) is 0 Å². The smallest absolute Gasteiger partial charge is 0.318 e. The average Bonchev–Trinajstić information content (AvgIpc) is 4.21. The molecule has 4 aromatic carbocycles. The molecule has 0 aliphatic carbocycles. The summed E-state index contributed by atoms with van der Waals surface area (Å²) in [6.45, 7) is 8.44. The van der Waals surface area contributed by atoms with Crippen molar-refractivity contribution in [2.45, 2.75) is 62.8 Å². The van der Waals surface area contributed by atoms with Gasteiger partial charge in [0.15, 0.2) is 0 Å². The predicted molar refractivity (Wildman–Crippen MR) is 268 cm³/mol. The first-order valence-electron chi connectivity index (χ1n) is 24.8. The van der Waals surface area contributed by atoms with Gasteiger partial charge in [0.1, 0.15) is 23.9 Å². The summed E-state index contributed by atoms with van der Waals surface area (Å²) in [6, 6.07) is 31.6. The van der Waals surface area contributed by atoms with E-state index in [1.165, 1.54) is 0 Å². The molecule has 5 aromatic rings. The van der Waals surface area contributed by atoms with Crippen LogP contribution in [0.2, 0.25) is 0 Å². The van der Waals surface area contributed by atoms with E-state index < -0.39 is 18.1 Å². The number of aromatic nitrogens is 2. The van der Waals surface area contributed by atoms with Crippen molar-refractivity contribution in [2.24, 2.45) is 0 Å². The fraction of sp³-hybridized carbons (Fsp3) is 0.407. The van der Waals surface area contributed by atoms with Gasteiger partial charge in [0.25, 0.3) is 5.91 Å². The topological polar surface area (TPSA) is 170 Å². The highest BCUT2D eigenvalue weighted by Gasteiger charge is 2.40. The molecule has 0 spiro atoms. The maximum absolute atomic E-state index is 14.4. The van der Waals surface area contributed by atoms with Crippen LogP contribution in [0, 0.1) is 0 Å². The van der Waals surface area contributed by atoms with Crippen LogP contribution in [-0.2, 0) is 14.4 Å². The molecule has 4 aliphatic rings. The fourth-order valence-electron chi connectivity index (χ4n) is 10.1. The molecule has 7 amide bonds. The lowest BCUT2D eigenvalue weighted by Gasteiger charge is -2.34. The van der Waals surface area contributed by atoms with Gasteiger partial charge in [-0.25, -0.2) is 14.6 Å². The first-order valence-corrected chi connectivity index (χ1v) is 24.8. The molecule has 4 N–H and O–H groups in total. The number of nitrogens with one attached hydrogen (secondary N) is 4. The van der Waals surface area contributed by atoms with Gasteiger partial charge in [0, 0.05) is 65.4 Å². The molecular weight excluding hydrogens is 883 g/mol. The number of carbonyl (C=O) groups is 5. The van der Waals surface area contributed by atoms with Crippen molar-refractivity contribution < 1.29 is 24.0 Å². The quantitative estimate of drug-likeness (QED) is 0.119. The Bertz CT molecular complexity index is 2590. The minimum atomic E-state index is -0.911. The van der Waals surface area contributed by atoms with Crippen LogP contribution in [0.5, 0.6) is 0 Å². The molecule has 9 rings (SSSR count). The minimum Gasteiger partial charge on any atom is -0.348 e. The van der Waals surface area contributed by atoms with Crippen molar-refractivity contribution in [1.82, 2.24) is 55.3 Å². The third-order valence-corrected chi connectivity index (χ3v) is 14.5. The first kappa shape index (κ1) is 48.0. The average molecular weight is 948 g/mol. The number of benzene rings is 4. The number of amides is 7. The van der Waals surface area contributed by atoms with Crippen molar-refractivity contribution >= 4 is 29.8 Å². The summed E-state index contributed by atoms with van der Waals surface area (Å²) in [5.41, 5.74) is 6.21. The monoisotopic (exact) mass is 948 g/mol. The zero-order chi connectivity index (χ0) is 48.7. The van der Waals surface area contributed by atoms with E-state index in [0.717, 1.165) is 72.5 Å². The van der Waals surface area contributed by atoms with Gasteiger partial charge in [-0.1, -0.05) is 109 Å². The van der Waals surface area contributed by atoms with Crippen LogP contribution in [-0.4, -0.2) is 155 Å². The van der Waals surface area contributed by atoms with Crippen molar-refractivity contribution in [3.8, 4) is 22.4 Å². The van der Waals surface area contributed by atoms with Gasteiger partial charge in [-0.15, -0.1) is 0 Å². The number of hydrogen-bond acceptors (Lipinski definition) is 8. The van der Waals surface area contributed by atoms with E-state index in [4.69, 9.17) is 4.98 Å². The summed E-state index contributed by atoms with van der Waals surface area (Å²) >= 11 is 0. The summed E-state index contributed by atoms with van der Waals surface area (Å²) < 4.78 is 0. The molecule has 5 heterocycles. The molecule has 1 aromatic heterocycles. The maximum atomic E-state index is 14.4. The van der Waals surface area contributed by atoms with Crippen LogP contribution in [0.3, 0.4) is 0 Å². The van der Waals surface area contributed by atoms with Gasteiger partial charge in [-0.3, -0.25) is 14.4 Å². The van der Waals surface area contributed by atoms with Crippen molar-refractivity contribution in [3.05, 3.63) is 138 Å². The summed E-state index contributed by atoms with van der Waals surface area (Å²) in [5.74, 6) is 0.0662. The molecule has 4 aliphatic heterocycles. The second-order valence-corrected chi connectivity index (χ2v) is 19.2. The summed E-state index contributed by atoms with van der Waals surface area (Å²) in [6.07, 6.45) is 4.63. The lowest BCUT2D eigenvalue weighted by Crippen LogP contribution is -2.54. The summed E-state index contributed by atoms with van der Waals surface area (Å²) in [4.78, 5) is 89.1. The van der Waals surface area contributed by atoms with Crippen LogP contribution < -0.4 is 16.0 Å². The molecule has 16 heteroatoms. The highest BCUT2D eigenvalue weighted by Crippen LogP contribution is 2.35. The minimum absolute atomic E-state index is 0.147. The zero-order valence-electron chi connectivity index (χ0n) is 40.4. The molecule has 0 bridgehead atoms. The van der Waals surface area contributed by atoms with Crippen LogP contribution >= 0.6 is 0 Å². The second-order valence-electron chi connectivity index (χ2n) is 19.2. The highest BCUT2D eigenvalue weighted by atomic mass is 16.2. The molecule has 366 valence electrons. The van der Waals surface area contributed by atoms with Gasteiger partial charge < -0.3 is 50.3 Å². The zero-order valence-corrected chi connectivity index (χ0v) is 40.4. The van der Waals surface area contributed by atoms with E-state index in [2.05, 4.69) is 55.0 Å². The Morgan fingerprint density at radius 2 is 1.01 bits per heavy atom. The van der Waals surface area contributed by atoms with Gasteiger partial charge >= 0.3 is 12.1 Å². The summed E-state index contributed by atoms with van der Waals surface area (Å²) in [5, 5.41) is 9.24. The van der Waals surface area contributed by atoms with Gasteiger partial charge in [0.2, 0.25) is 11.8 Å². The number of rotatable bonds is 12. The number of carbonyl (C=O) groups excluding carboxylic acids is 5. The third-order valence-electron chi connectivity index (χ3n) is 14.5. The third kappa shape index (κ3) is 10.9. The molecule has 4 saturated heterocycles. The molecule has 4 fully saturated rings. The highest BCUT2D eigenvalue weighted by molar-refractivity contribution is 5.93. The largest absolute Gasteiger partial charge is 0.348 e. The molecule has 0 saturated carbocycles. The molecule has 0 unspecified atom stereocenters. The number of urea groups is 2. The SMILES string of the molecule is C[C@H](NC(=O)[C@@H]1CCCN1C(=O)[C@H](NC(=O)N1CCN(C)CC1)c1ccccc1)c1ccc(-c2ccc(-c3cnc([C@@H]4CCCN4C(=O)[C@H](NC(=O)N4CCN(C)CC4)c4ccccc4)[nH]3)cc2)cc1. The molecule has 5 atom stereocenters. The lowest BCUT2D eigenvalue weighted by molar-refractivity contribution is -0.140. The standard InChI is InChI=1S/C54H65N11O5/c1-37(56-50(66)46-17-11-27-65(46)52(68)48(43-14-8-5-9-15-43)59-54(70)63-34-30-61(3)31-35-63)38-18-20-39(21-19-38)40-22-24-41(25-23-40)44-36-55-49(57-44)45-16-10-26-64(45)51(67)47(42-12-6-4-7-13-42)58-53(69)62-32-28-60(2)29-33-62/h4-9,12-15,18-25,36-37,45-48H,10-11,16-17,26-35H2,1-3H3,(H,55,57)(H,56,66)(H,58,69)(H,59,70)/t37-,45-,46-,47+,48+/m0/s1. The molecule has 70 heavy (non-hydrogen) atoms. The van der Waals surface area contributed by atoms with E-state index >= 15 is 0 Å². The van der Waals surface area contributed by atoms with E-state index in [0.29, 0.717) is 63.5 Å². The Hall–Kier alpha value is -7.04. The van der Waals surface area contributed by atoms with E-state index in [1.54, 1.807) is 14.7 Å². The van der Waals surface area contributed by atoms with Crippen LogP contribution in [0.15, 0.2) is 115 Å². The van der Waals surface area contributed by atoms with Crippen molar-refractivity contribution in [2.75, 3.05) is 79.5 Å². The Morgan fingerprint density at radius 3 is 1.56 bits per heavy atom. The van der Waals surface area contributed by atoms with E-state index in [1.807, 2.05) is 117 Å². The van der Waals surface area contributed by atoms with Crippen molar-refractivity contribution in [1.29, 1.82) is 0 Å². The first-order chi connectivity index (χ1) is 34.0. The van der Waals surface area contributed by atoms with Crippen LogP contribution in [0.25, 0.3) is 22.4 Å². The van der Waals surface area contributed by atoms with Crippen LogP contribution in [0.4, 0.5) is 9.59 Å². The molecule has 16 nitrogen and oxygen atoms in total. The van der Waals surface area contributed by atoms with E-state index in [9.17, 15) is 24.0 Å². The van der Waals surface area contributed by atoms with Crippen LogP contribution in [0.1, 0.15) is 79.3 Å². The number of likely N-dealkylation sites (tertiary alicyclic amines) is 2. The van der Waals surface area contributed by atoms with Gasteiger partial charge in [0.05, 0.1) is 24.0 Å². The normalized spacial score (nSPS) is 20.2. The maximum Gasteiger partial charge on any atom is 0.318 e. The Labute approximate surface area is 410 Å². The Morgan fingerprint density at radius 1 is 0.543 bits per heavy atom. The predicted octanol–water partition coefficient (Wildman–Crippen LogP) is 5.97. The number of imidazole rings is 1. The second kappa shape index (κ2) is 21.7. The van der Waals surface area contributed by atoms with E-state index in [-0.39, 0.29) is 41.9 Å². The Kier molecular flexibility index (Phi) is 14.9. The lowest BCUT2D eigenvalue weighted by atomic mass is 9.99. The molecular formula is C54H65N11O5. The molecule has 0 radical (unpaired) electrons. The summed E-state index contributed by atoms with van der Waals surface area (Å²) in [7, 11) is 4.07. The number of nitrogens with zero attached hydrogens (tertiary/aromatic N) is 7. The number of hydrogen-bond donors (Lipinski definition) is 4. The number of H-pyrrole nitrogens is 1. The number of piperazine rings is 2. The Balaban J connectivity index is 0.814.